The monoisotopic (exact) mass is 188 g/mol. The Balaban J connectivity index is 2.39. The van der Waals surface area contributed by atoms with Gasteiger partial charge in [0.25, 0.3) is 0 Å². The van der Waals surface area contributed by atoms with Gasteiger partial charge in [0.05, 0.1) is 6.04 Å². The summed E-state index contributed by atoms with van der Waals surface area (Å²) in [6.45, 7) is 3.69. The molecule has 0 aromatic heterocycles. The van der Waals surface area contributed by atoms with Crippen LogP contribution in [0, 0.1) is 0 Å². The molecule has 3 nitrogen and oxygen atoms in total. The van der Waals surface area contributed by atoms with Crippen molar-refractivity contribution in [1.82, 2.24) is 4.90 Å². The molecule has 0 aromatic carbocycles. The maximum Gasteiger partial charge on any atom is 0.239 e. The fraction of sp³-hybridized carbons (Fsp3) is 0.875. The Morgan fingerprint density at radius 1 is 1.58 bits per heavy atom. The van der Waals surface area contributed by atoms with Gasteiger partial charge in [0.1, 0.15) is 0 Å². The van der Waals surface area contributed by atoms with E-state index in [0.29, 0.717) is 0 Å². The predicted molar refractivity (Wildman–Crippen MR) is 52.2 cm³/mol. The summed E-state index contributed by atoms with van der Waals surface area (Å²) in [6.07, 6.45) is 0.739. The second-order valence-corrected chi connectivity index (χ2v) is 4.18. The number of hydrogen-bond donors (Lipinski definition) is 1. The van der Waals surface area contributed by atoms with Gasteiger partial charge in [0.15, 0.2) is 0 Å². The van der Waals surface area contributed by atoms with Crippen LogP contribution in [0.15, 0.2) is 0 Å². The summed E-state index contributed by atoms with van der Waals surface area (Å²) >= 11 is 1.90. The molecule has 0 aromatic rings. The highest BCUT2D eigenvalue weighted by atomic mass is 32.2. The van der Waals surface area contributed by atoms with E-state index in [1.54, 1.807) is 0 Å². The van der Waals surface area contributed by atoms with Gasteiger partial charge in [-0.2, -0.15) is 11.8 Å². The van der Waals surface area contributed by atoms with Crippen LogP contribution in [-0.4, -0.2) is 41.4 Å². The van der Waals surface area contributed by atoms with E-state index in [-0.39, 0.29) is 11.9 Å². The molecule has 0 saturated carbocycles. The lowest BCUT2D eigenvalue weighted by Crippen LogP contribution is -2.46. The average molecular weight is 188 g/mol. The Labute approximate surface area is 77.7 Å². The van der Waals surface area contributed by atoms with Gasteiger partial charge in [-0.3, -0.25) is 4.79 Å². The molecule has 1 aliphatic rings. The summed E-state index contributed by atoms with van der Waals surface area (Å²) in [5.41, 5.74) is 5.65. The number of rotatable bonds is 2. The van der Waals surface area contributed by atoms with Crippen molar-refractivity contribution in [2.24, 2.45) is 5.73 Å². The summed E-state index contributed by atoms with van der Waals surface area (Å²) in [5.74, 6) is 2.24. The molecule has 1 unspecified atom stereocenters. The lowest BCUT2D eigenvalue weighted by molar-refractivity contribution is -0.132. The van der Waals surface area contributed by atoms with Gasteiger partial charge in [-0.1, -0.05) is 6.92 Å². The third-order valence-electron chi connectivity index (χ3n) is 2.08. The highest BCUT2D eigenvalue weighted by Crippen LogP contribution is 2.10. The molecule has 0 spiro atoms. The Hall–Kier alpha value is -0.220. The highest BCUT2D eigenvalue weighted by Gasteiger charge is 2.20. The second kappa shape index (κ2) is 4.72. The van der Waals surface area contributed by atoms with E-state index in [4.69, 9.17) is 5.73 Å². The van der Waals surface area contributed by atoms with Crippen LogP contribution in [0.5, 0.6) is 0 Å². The molecule has 0 radical (unpaired) electrons. The van der Waals surface area contributed by atoms with E-state index in [1.807, 2.05) is 23.6 Å². The van der Waals surface area contributed by atoms with Crippen LogP contribution < -0.4 is 5.73 Å². The molecule has 70 valence electrons. The van der Waals surface area contributed by atoms with E-state index in [2.05, 4.69) is 0 Å². The zero-order valence-electron chi connectivity index (χ0n) is 7.45. The molecule has 12 heavy (non-hydrogen) atoms. The Morgan fingerprint density at radius 2 is 2.17 bits per heavy atom. The Kier molecular flexibility index (Phi) is 3.88. The average Bonchev–Trinajstić information content (AvgIpc) is 2.17. The van der Waals surface area contributed by atoms with E-state index < -0.39 is 0 Å². The number of amides is 1. The van der Waals surface area contributed by atoms with Crippen molar-refractivity contribution in [2.45, 2.75) is 19.4 Å². The van der Waals surface area contributed by atoms with Crippen LogP contribution in [0.4, 0.5) is 0 Å². The van der Waals surface area contributed by atoms with Gasteiger partial charge in [0.2, 0.25) is 5.91 Å². The Morgan fingerprint density at radius 3 is 2.67 bits per heavy atom. The van der Waals surface area contributed by atoms with Crippen LogP contribution in [0.2, 0.25) is 0 Å². The molecular weight excluding hydrogens is 172 g/mol. The first-order chi connectivity index (χ1) is 5.75. The van der Waals surface area contributed by atoms with Gasteiger partial charge in [-0.05, 0) is 6.42 Å². The summed E-state index contributed by atoms with van der Waals surface area (Å²) < 4.78 is 0. The second-order valence-electron chi connectivity index (χ2n) is 2.95. The van der Waals surface area contributed by atoms with E-state index in [0.717, 1.165) is 31.0 Å². The predicted octanol–water partition coefficient (Wildman–Crippen LogP) is 0.299. The van der Waals surface area contributed by atoms with Crippen molar-refractivity contribution in [3.63, 3.8) is 0 Å². The molecule has 1 saturated heterocycles. The summed E-state index contributed by atoms with van der Waals surface area (Å²) in [7, 11) is 0. The Bertz CT molecular complexity index is 157. The molecule has 1 amide bonds. The molecule has 1 atom stereocenters. The van der Waals surface area contributed by atoms with Crippen molar-refractivity contribution in [2.75, 3.05) is 24.6 Å². The first-order valence-electron chi connectivity index (χ1n) is 4.37. The molecule has 4 heteroatoms. The first-order valence-corrected chi connectivity index (χ1v) is 5.53. The van der Waals surface area contributed by atoms with Gasteiger partial charge in [0, 0.05) is 24.6 Å². The van der Waals surface area contributed by atoms with Crippen molar-refractivity contribution < 1.29 is 4.79 Å². The van der Waals surface area contributed by atoms with Crippen LogP contribution in [-0.2, 0) is 4.79 Å². The third kappa shape index (κ3) is 2.38. The van der Waals surface area contributed by atoms with Crippen molar-refractivity contribution in [3.05, 3.63) is 0 Å². The van der Waals surface area contributed by atoms with Crippen molar-refractivity contribution >= 4 is 17.7 Å². The minimum Gasteiger partial charge on any atom is -0.340 e. The summed E-state index contributed by atoms with van der Waals surface area (Å²) in [6, 6.07) is -0.284. The molecule has 0 bridgehead atoms. The lowest BCUT2D eigenvalue weighted by atomic mass is 10.2. The smallest absolute Gasteiger partial charge is 0.239 e. The number of hydrogen-bond acceptors (Lipinski definition) is 3. The van der Waals surface area contributed by atoms with Crippen LogP contribution in [0.3, 0.4) is 0 Å². The molecule has 0 aliphatic carbocycles. The van der Waals surface area contributed by atoms with Gasteiger partial charge in [-0.25, -0.2) is 0 Å². The fourth-order valence-corrected chi connectivity index (χ4v) is 2.10. The number of thioether (sulfide) groups is 1. The van der Waals surface area contributed by atoms with Crippen LogP contribution in [0.25, 0.3) is 0 Å². The molecule has 1 rings (SSSR count). The van der Waals surface area contributed by atoms with Crippen molar-refractivity contribution in [1.29, 1.82) is 0 Å². The largest absolute Gasteiger partial charge is 0.340 e. The number of carbonyl (C=O) groups excluding carboxylic acids is 1. The molecule has 1 heterocycles. The maximum absolute atomic E-state index is 11.5. The van der Waals surface area contributed by atoms with E-state index in [9.17, 15) is 4.79 Å². The fourth-order valence-electron chi connectivity index (χ4n) is 1.19. The maximum atomic E-state index is 11.5. The van der Waals surface area contributed by atoms with Crippen LogP contribution in [0.1, 0.15) is 13.3 Å². The van der Waals surface area contributed by atoms with E-state index in [1.165, 1.54) is 0 Å². The van der Waals surface area contributed by atoms with Gasteiger partial charge < -0.3 is 10.6 Å². The summed E-state index contributed by atoms with van der Waals surface area (Å²) in [5, 5.41) is 0. The van der Waals surface area contributed by atoms with Gasteiger partial charge in [-0.15, -0.1) is 0 Å². The number of carbonyl (C=O) groups is 1. The quantitative estimate of drug-likeness (QED) is 0.678. The molecule has 1 aliphatic heterocycles. The van der Waals surface area contributed by atoms with E-state index >= 15 is 0 Å². The lowest BCUT2D eigenvalue weighted by Gasteiger charge is -2.28. The zero-order valence-corrected chi connectivity index (χ0v) is 8.27. The minimum absolute atomic E-state index is 0.123. The normalized spacial score (nSPS) is 20.7. The standard InChI is InChI=1S/C8H16N2OS/c1-2-7(9)8(11)10-3-5-12-6-4-10/h7H,2-6,9H2,1H3. The zero-order chi connectivity index (χ0) is 8.97. The molecule has 1 fully saturated rings. The van der Waals surface area contributed by atoms with Crippen LogP contribution >= 0.6 is 11.8 Å². The van der Waals surface area contributed by atoms with Crippen molar-refractivity contribution in [3.8, 4) is 0 Å². The van der Waals surface area contributed by atoms with Gasteiger partial charge >= 0.3 is 0 Å². The highest BCUT2D eigenvalue weighted by molar-refractivity contribution is 7.99. The topological polar surface area (TPSA) is 46.3 Å². The third-order valence-corrected chi connectivity index (χ3v) is 3.02. The number of nitrogens with two attached hydrogens (primary N) is 1. The SMILES string of the molecule is CCC(N)C(=O)N1CCSCC1. The minimum atomic E-state index is -0.284. The number of nitrogens with zero attached hydrogens (tertiary/aromatic N) is 1. The molecule has 2 N–H and O–H groups in total. The summed E-state index contributed by atoms with van der Waals surface area (Å²) in [4.78, 5) is 13.4. The molecular formula is C8H16N2OS. The first kappa shape index (κ1) is 9.86.